The Morgan fingerprint density at radius 1 is 0.491 bits per heavy atom. The third-order valence-corrected chi connectivity index (χ3v) is 11.1. The van der Waals surface area contributed by atoms with Gasteiger partial charge in [0.2, 0.25) is 0 Å². The molecule has 0 unspecified atom stereocenters. The van der Waals surface area contributed by atoms with Gasteiger partial charge in [0.05, 0.1) is 27.7 Å². The number of rotatable bonds is 4. The molecule has 0 atom stereocenters. The second-order valence-corrected chi connectivity index (χ2v) is 14.4. The molecule has 250 valence electrons. The van der Waals surface area contributed by atoms with Crippen molar-refractivity contribution in [2.45, 2.75) is 19.3 Å². The molecule has 0 spiro atoms. The Kier molecular flexibility index (Phi) is 6.23. The molecule has 7 aromatic carbocycles. The molecule has 53 heavy (non-hydrogen) atoms. The predicted octanol–water partition coefficient (Wildman–Crippen LogP) is 12.2. The molecule has 1 aliphatic carbocycles. The van der Waals surface area contributed by atoms with Gasteiger partial charge in [0.25, 0.3) is 0 Å². The highest BCUT2D eigenvalue weighted by Crippen LogP contribution is 2.53. The second kappa shape index (κ2) is 11.1. The van der Waals surface area contributed by atoms with Gasteiger partial charge in [-0.05, 0) is 41.0 Å². The maximum Gasteiger partial charge on any atom is 0.167 e. The molecule has 0 saturated carbocycles. The van der Waals surface area contributed by atoms with E-state index >= 15 is 0 Å². The minimum atomic E-state index is -0.130. The van der Waals surface area contributed by atoms with Crippen molar-refractivity contribution in [2.75, 3.05) is 0 Å². The van der Waals surface area contributed by atoms with Gasteiger partial charge < -0.3 is 8.98 Å². The monoisotopic (exact) mass is 680 g/mol. The first-order valence-electron chi connectivity index (χ1n) is 18.0. The summed E-state index contributed by atoms with van der Waals surface area (Å²) < 4.78 is 9.33. The topological polar surface area (TPSA) is 56.7 Å². The minimum Gasteiger partial charge on any atom is -0.455 e. The molecule has 0 saturated heterocycles. The molecule has 5 heteroatoms. The lowest BCUT2D eigenvalue weighted by Gasteiger charge is -2.21. The van der Waals surface area contributed by atoms with E-state index in [0.29, 0.717) is 17.5 Å². The molecule has 1 aliphatic rings. The summed E-state index contributed by atoms with van der Waals surface area (Å²) in [6.45, 7) is 4.68. The second-order valence-electron chi connectivity index (χ2n) is 14.4. The van der Waals surface area contributed by atoms with Crippen LogP contribution in [0.15, 0.2) is 162 Å². The van der Waals surface area contributed by atoms with Gasteiger partial charge in [-0.1, -0.05) is 147 Å². The fraction of sp³-hybridized carbons (Fsp3) is 0.0625. The number of benzene rings is 7. The van der Waals surface area contributed by atoms with Gasteiger partial charge in [-0.2, -0.15) is 0 Å². The lowest BCUT2D eigenvalue weighted by Crippen LogP contribution is -2.14. The maximum absolute atomic E-state index is 6.86. The van der Waals surface area contributed by atoms with E-state index in [2.05, 4.69) is 103 Å². The Labute approximate surface area is 305 Å². The Bertz CT molecular complexity index is 3020. The van der Waals surface area contributed by atoms with Crippen LogP contribution in [0.4, 0.5) is 0 Å². The number of furan rings is 1. The van der Waals surface area contributed by atoms with Crippen LogP contribution < -0.4 is 0 Å². The molecule has 0 aliphatic heterocycles. The van der Waals surface area contributed by atoms with Crippen molar-refractivity contribution >= 4 is 43.7 Å². The van der Waals surface area contributed by atoms with Crippen LogP contribution in [0.2, 0.25) is 0 Å². The maximum atomic E-state index is 6.86. The highest BCUT2D eigenvalue weighted by Gasteiger charge is 2.37. The van der Waals surface area contributed by atoms with Crippen molar-refractivity contribution in [3.63, 3.8) is 0 Å². The summed E-state index contributed by atoms with van der Waals surface area (Å²) in [5.41, 5.74) is 12.8. The molecule has 0 fully saturated rings. The third kappa shape index (κ3) is 4.28. The lowest BCUT2D eigenvalue weighted by molar-refractivity contribution is 0.661. The zero-order chi connectivity index (χ0) is 35.3. The fourth-order valence-electron chi connectivity index (χ4n) is 8.59. The van der Waals surface area contributed by atoms with Gasteiger partial charge >= 0.3 is 0 Å². The molecule has 5 nitrogen and oxygen atoms in total. The van der Waals surface area contributed by atoms with Crippen molar-refractivity contribution < 1.29 is 4.42 Å². The Morgan fingerprint density at radius 2 is 1.11 bits per heavy atom. The number of hydrogen-bond acceptors (Lipinski definition) is 4. The van der Waals surface area contributed by atoms with Crippen LogP contribution in [-0.2, 0) is 5.41 Å². The summed E-state index contributed by atoms with van der Waals surface area (Å²) in [5.74, 6) is 1.79. The average molecular weight is 681 g/mol. The first-order valence-corrected chi connectivity index (χ1v) is 18.0. The van der Waals surface area contributed by atoms with Gasteiger partial charge in [0.1, 0.15) is 11.2 Å². The molecule has 0 bridgehead atoms. The van der Waals surface area contributed by atoms with E-state index in [1.165, 1.54) is 38.5 Å². The smallest absolute Gasteiger partial charge is 0.167 e. The predicted molar refractivity (Wildman–Crippen MR) is 215 cm³/mol. The Morgan fingerprint density at radius 3 is 1.87 bits per heavy atom. The van der Waals surface area contributed by atoms with Gasteiger partial charge in [0, 0.05) is 38.3 Å². The van der Waals surface area contributed by atoms with Gasteiger partial charge in [-0.15, -0.1) is 0 Å². The van der Waals surface area contributed by atoms with Crippen molar-refractivity contribution in [3.8, 4) is 51.0 Å². The minimum absolute atomic E-state index is 0.130. The molecule has 10 aromatic rings. The van der Waals surface area contributed by atoms with E-state index < -0.39 is 0 Å². The zero-order valence-corrected chi connectivity index (χ0v) is 29.2. The summed E-state index contributed by atoms with van der Waals surface area (Å²) in [6.07, 6.45) is 0. The van der Waals surface area contributed by atoms with Crippen LogP contribution in [0.1, 0.15) is 25.0 Å². The summed E-state index contributed by atoms with van der Waals surface area (Å²) in [5, 5.41) is 4.51. The summed E-state index contributed by atoms with van der Waals surface area (Å²) >= 11 is 0. The number of fused-ring (bicyclic) bond motifs is 10. The standard InChI is InChI=1S/C48H32N4O/c1-48(2)36-22-12-9-20-33(36)41-37(48)27-25-32-31-19-10-13-23-38(31)52(43(32)41)39-28-26-35(44-42(39)34-21-11-14-24-40(34)53-44)47-50-45(29-15-5-3-6-16-29)49-46(51-47)30-17-7-4-8-18-30/h3-28H,1-2H3. The van der Waals surface area contributed by atoms with Crippen LogP contribution in [-0.4, -0.2) is 19.5 Å². The molecule has 11 rings (SSSR count). The first-order chi connectivity index (χ1) is 26.1. The van der Waals surface area contributed by atoms with E-state index in [1.54, 1.807) is 0 Å². The summed E-state index contributed by atoms with van der Waals surface area (Å²) in [7, 11) is 0. The fourth-order valence-corrected chi connectivity index (χ4v) is 8.59. The number of nitrogens with zero attached hydrogens (tertiary/aromatic N) is 4. The highest BCUT2D eigenvalue weighted by atomic mass is 16.3. The van der Waals surface area contributed by atoms with Crippen molar-refractivity contribution in [3.05, 3.63) is 169 Å². The summed E-state index contributed by atoms with van der Waals surface area (Å²) in [6, 6.07) is 55.2. The van der Waals surface area contributed by atoms with Crippen LogP contribution in [0.5, 0.6) is 0 Å². The third-order valence-electron chi connectivity index (χ3n) is 11.1. The first kappa shape index (κ1) is 29.8. The molecule has 0 amide bonds. The van der Waals surface area contributed by atoms with Crippen molar-refractivity contribution in [1.29, 1.82) is 0 Å². The molecule has 0 N–H and O–H groups in total. The highest BCUT2D eigenvalue weighted by molar-refractivity contribution is 6.19. The molecular formula is C48H32N4O. The van der Waals surface area contributed by atoms with Crippen molar-refractivity contribution in [1.82, 2.24) is 19.5 Å². The number of para-hydroxylation sites is 2. The van der Waals surface area contributed by atoms with E-state index in [9.17, 15) is 0 Å². The quantitative estimate of drug-likeness (QED) is 0.186. The van der Waals surface area contributed by atoms with Crippen molar-refractivity contribution in [2.24, 2.45) is 0 Å². The van der Waals surface area contributed by atoms with E-state index in [-0.39, 0.29) is 5.41 Å². The van der Waals surface area contributed by atoms with Crippen LogP contribution in [0.3, 0.4) is 0 Å². The largest absolute Gasteiger partial charge is 0.455 e. The number of aromatic nitrogens is 4. The average Bonchev–Trinajstić information content (AvgIpc) is 3.84. The van der Waals surface area contributed by atoms with E-state index in [0.717, 1.165) is 49.8 Å². The van der Waals surface area contributed by atoms with Gasteiger partial charge in [0.15, 0.2) is 17.5 Å². The Hall–Kier alpha value is -6.85. The van der Waals surface area contributed by atoms with Gasteiger partial charge in [-0.25, -0.2) is 15.0 Å². The Balaban J connectivity index is 1.25. The van der Waals surface area contributed by atoms with E-state index in [4.69, 9.17) is 19.4 Å². The van der Waals surface area contributed by atoms with Crippen LogP contribution >= 0.6 is 0 Å². The molecule has 3 aromatic heterocycles. The van der Waals surface area contributed by atoms with Crippen LogP contribution in [0.25, 0.3) is 94.7 Å². The van der Waals surface area contributed by atoms with Crippen LogP contribution in [0, 0.1) is 0 Å². The molecular weight excluding hydrogens is 649 g/mol. The lowest BCUT2D eigenvalue weighted by atomic mass is 9.82. The van der Waals surface area contributed by atoms with E-state index in [1.807, 2.05) is 72.8 Å². The molecule has 0 radical (unpaired) electrons. The zero-order valence-electron chi connectivity index (χ0n) is 29.2. The normalized spacial score (nSPS) is 13.2. The summed E-state index contributed by atoms with van der Waals surface area (Å²) in [4.78, 5) is 15.2. The molecule has 3 heterocycles. The van der Waals surface area contributed by atoms with Gasteiger partial charge in [-0.3, -0.25) is 0 Å². The number of hydrogen-bond donors (Lipinski definition) is 0. The SMILES string of the molecule is CC1(C)c2ccccc2-c2c1ccc1c3ccccc3n(-c3ccc(-c4nc(-c5ccccc5)nc(-c5ccccc5)n4)c4oc5ccccc5c34)c21.